The second kappa shape index (κ2) is 7.96. The molecule has 0 fully saturated rings. The van der Waals surface area contributed by atoms with Crippen LogP contribution in [-0.4, -0.2) is 18.7 Å². The molecule has 1 amide bonds. The van der Waals surface area contributed by atoms with Gasteiger partial charge in [-0.2, -0.15) is 5.10 Å². The van der Waals surface area contributed by atoms with E-state index in [9.17, 15) is 4.79 Å². The molecule has 0 unspecified atom stereocenters. The third kappa shape index (κ3) is 3.90. The largest absolute Gasteiger partial charge is 0.489 e. The van der Waals surface area contributed by atoms with Crippen molar-refractivity contribution in [2.45, 2.75) is 0 Å². The molecule has 25 heavy (non-hydrogen) atoms. The number of carbonyl (C=O) groups is 1. The zero-order chi connectivity index (χ0) is 17.6. The van der Waals surface area contributed by atoms with Crippen LogP contribution in [0.25, 0.3) is 10.1 Å². The SMILES string of the molecule is C=CCOc1ccccc1/C=N/NC(=O)c1sc2ccccc2c1Cl. The first-order chi connectivity index (χ1) is 12.2. The summed E-state index contributed by atoms with van der Waals surface area (Å²) in [6.45, 7) is 4.02. The minimum atomic E-state index is -0.341. The summed E-state index contributed by atoms with van der Waals surface area (Å²) >= 11 is 7.64. The van der Waals surface area contributed by atoms with Crippen molar-refractivity contribution < 1.29 is 9.53 Å². The van der Waals surface area contributed by atoms with Crippen LogP contribution in [0.4, 0.5) is 0 Å². The molecule has 0 radical (unpaired) electrons. The fraction of sp³-hybridized carbons (Fsp3) is 0.0526. The zero-order valence-electron chi connectivity index (χ0n) is 13.2. The number of nitrogens with one attached hydrogen (secondary N) is 1. The fourth-order valence-corrected chi connectivity index (χ4v) is 3.65. The number of thiophene rings is 1. The van der Waals surface area contributed by atoms with Crippen LogP contribution in [0.5, 0.6) is 5.75 Å². The van der Waals surface area contributed by atoms with Crippen molar-refractivity contribution >= 4 is 45.1 Å². The quantitative estimate of drug-likeness (QED) is 0.382. The third-order valence-corrected chi connectivity index (χ3v) is 5.06. The standard InChI is InChI=1S/C19H15ClN2O2S/c1-2-11-24-15-9-5-3-7-13(15)12-21-22-19(23)18-17(20)14-8-4-6-10-16(14)25-18/h2-10,12H,1,11H2,(H,22,23)/b21-12+. The van der Waals surface area contributed by atoms with Gasteiger partial charge in [-0.1, -0.05) is 54.6 Å². The maximum absolute atomic E-state index is 12.3. The molecule has 2 aromatic carbocycles. The average molecular weight is 371 g/mol. The molecule has 6 heteroatoms. The van der Waals surface area contributed by atoms with Crippen molar-refractivity contribution in [1.29, 1.82) is 0 Å². The number of ether oxygens (including phenoxy) is 1. The number of hydrazone groups is 1. The number of fused-ring (bicyclic) bond motifs is 1. The van der Waals surface area contributed by atoms with Gasteiger partial charge in [-0.3, -0.25) is 4.79 Å². The Labute approximate surface area is 154 Å². The van der Waals surface area contributed by atoms with Crippen molar-refractivity contribution in [3.63, 3.8) is 0 Å². The molecular formula is C19H15ClN2O2S. The average Bonchev–Trinajstić information content (AvgIpc) is 2.98. The van der Waals surface area contributed by atoms with Gasteiger partial charge < -0.3 is 4.74 Å². The summed E-state index contributed by atoms with van der Waals surface area (Å²) in [5.41, 5.74) is 3.27. The molecule has 4 nitrogen and oxygen atoms in total. The van der Waals surface area contributed by atoms with Crippen molar-refractivity contribution in [3.05, 3.63) is 76.6 Å². The van der Waals surface area contributed by atoms with Gasteiger partial charge in [0.15, 0.2) is 0 Å². The monoisotopic (exact) mass is 370 g/mol. The number of hydrogen-bond donors (Lipinski definition) is 1. The highest BCUT2D eigenvalue weighted by molar-refractivity contribution is 7.21. The van der Waals surface area contributed by atoms with Crippen LogP contribution in [0.15, 0.2) is 66.3 Å². The molecule has 1 N–H and O–H groups in total. The molecule has 0 bridgehead atoms. The molecular weight excluding hydrogens is 356 g/mol. The molecule has 0 saturated heterocycles. The van der Waals surface area contributed by atoms with Crippen LogP contribution in [0, 0.1) is 0 Å². The van der Waals surface area contributed by atoms with E-state index in [0.717, 1.165) is 15.6 Å². The van der Waals surface area contributed by atoms with E-state index < -0.39 is 0 Å². The van der Waals surface area contributed by atoms with Crippen molar-refractivity contribution in [2.24, 2.45) is 5.10 Å². The van der Waals surface area contributed by atoms with E-state index in [4.69, 9.17) is 16.3 Å². The Bertz CT molecular complexity index is 950. The van der Waals surface area contributed by atoms with Gasteiger partial charge in [-0.25, -0.2) is 5.43 Å². The summed E-state index contributed by atoms with van der Waals surface area (Å²) in [7, 11) is 0. The summed E-state index contributed by atoms with van der Waals surface area (Å²) < 4.78 is 6.51. The van der Waals surface area contributed by atoms with Crippen molar-refractivity contribution in [2.75, 3.05) is 6.61 Å². The number of para-hydroxylation sites is 1. The van der Waals surface area contributed by atoms with Gasteiger partial charge in [-0.05, 0) is 18.2 Å². The summed E-state index contributed by atoms with van der Waals surface area (Å²) in [6.07, 6.45) is 3.21. The van der Waals surface area contributed by atoms with Crippen LogP contribution in [0.1, 0.15) is 15.2 Å². The van der Waals surface area contributed by atoms with E-state index in [1.165, 1.54) is 17.6 Å². The first kappa shape index (κ1) is 17.2. The van der Waals surface area contributed by atoms with Crippen molar-refractivity contribution in [1.82, 2.24) is 5.43 Å². The normalized spacial score (nSPS) is 10.9. The zero-order valence-corrected chi connectivity index (χ0v) is 14.8. The van der Waals surface area contributed by atoms with Gasteiger partial charge in [0, 0.05) is 15.6 Å². The number of benzene rings is 2. The highest BCUT2D eigenvalue weighted by atomic mass is 35.5. The van der Waals surface area contributed by atoms with E-state index in [0.29, 0.717) is 22.3 Å². The highest BCUT2D eigenvalue weighted by Gasteiger charge is 2.16. The van der Waals surface area contributed by atoms with E-state index >= 15 is 0 Å². The first-order valence-electron chi connectivity index (χ1n) is 7.54. The molecule has 0 aliphatic rings. The molecule has 1 aromatic heterocycles. The Hall–Kier alpha value is -2.63. The van der Waals surface area contributed by atoms with Gasteiger partial charge in [0.05, 0.1) is 11.2 Å². The van der Waals surface area contributed by atoms with E-state index in [1.54, 1.807) is 6.08 Å². The predicted molar refractivity (Wildman–Crippen MR) is 104 cm³/mol. The molecule has 3 aromatic rings. The van der Waals surface area contributed by atoms with Gasteiger partial charge in [0.1, 0.15) is 17.2 Å². The minimum absolute atomic E-state index is 0.341. The summed E-state index contributed by atoms with van der Waals surface area (Å²) in [5.74, 6) is 0.326. The molecule has 0 aliphatic heterocycles. The van der Waals surface area contributed by atoms with Gasteiger partial charge in [0.2, 0.25) is 0 Å². The van der Waals surface area contributed by atoms with E-state index in [-0.39, 0.29) is 5.91 Å². The number of amides is 1. The lowest BCUT2D eigenvalue weighted by Gasteiger charge is -2.06. The van der Waals surface area contributed by atoms with Crippen LogP contribution < -0.4 is 10.2 Å². The summed E-state index contributed by atoms with van der Waals surface area (Å²) in [6, 6.07) is 15.0. The second-order valence-electron chi connectivity index (χ2n) is 5.08. The summed E-state index contributed by atoms with van der Waals surface area (Å²) in [4.78, 5) is 12.8. The molecule has 0 aliphatic carbocycles. The second-order valence-corrected chi connectivity index (χ2v) is 6.51. The Kier molecular flexibility index (Phi) is 5.48. The maximum Gasteiger partial charge on any atom is 0.283 e. The highest BCUT2D eigenvalue weighted by Crippen LogP contribution is 2.34. The number of rotatable bonds is 6. The van der Waals surface area contributed by atoms with Crippen LogP contribution >= 0.6 is 22.9 Å². The maximum atomic E-state index is 12.3. The predicted octanol–water partition coefficient (Wildman–Crippen LogP) is 4.88. The first-order valence-corrected chi connectivity index (χ1v) is 8.73. The van der Waals surface area contributed by atoms with Gasteiger partial charge >= 0.3 is 0 Å². The van der Waals surface area contributed by atoms with Crippen molar-refractivity contribution in [3.8, 4) is 5.75 Å². The number of nitrogens with zero attached hydrogens (tertiary/aromatic N) is 1. The van der Waals surface area contributed by atoms with Crippen LogP contribution in [-0.2, 0) is 0 Å². The smallest absolute Gasteiger partial charge is 0.283 e. The Morgan fingerprint density at radius 1 is 1.24 bits per heavy atom. The number of halogens is 1. The molecule has 1 heterocycles. The van der Waals surface area contributed by atoms with E-state index in [2.05, 4.69) is 17.1 Å². The lowest BCUT2D eigenvalue weighted by atomic mass is 10.2. The van der Waals surface area contributed by atoms with E-state index in [1.807, 2.05) is 48.5 Å². The van der Waals surface area contributed by atoms with Gasteiger partial charge in [-0.15, -0.1) is 11.3 Å². The Morgan fingerprint density at radius 2 is 2.00 bits per heavy atom. The molecule has 0 saturated carbocycles. The van der Waals surface area contributed by atoms with Crippen LogP contribution in [0.2, 0.25) is 5.02 Å². The molecule has 0 spiro atoms. The van der Waals surface area contributed by atoms with Crippen LogP contribution in [0.3, 0.4) is 0 Å². The Balaban J connectivity index is 1.74. The fourth-order valence-electron chi connectivity index (χ4n) is 2.24. The molecule has 126 valence electrons. The van der Waals surface area contributed by atoms with Gasteiger partial charge in [0.25, 0.3) is 5.91 Å². The lowest BCUT2D eigenvalue weighted by molar-refractivity contribution is 0.0959. The lowest BCUT2D eigenvalue weighted by Crippen LogP contribution is -2.16. The third-order valence-electron chi connectivity index (χ3n) is 3.39. The summed E-state index contributed by atoms with van der Waals surface area (Å²) in [5, 5.41) is 5.33. The topological polar surface area (TPSA) is 50.7 Å². The number of hydrogen-bond acceptors (Lipinski definition) is 4. The molecule has 0 atom stereocenters. The number of carbonyl (C=O) groups excluding carboxylic acids is 1. The minimum Gasteiger partial charge on any atom is -0.489 e. The Morgan fingerprint density at radius 3 is 2.80 bits per heavy atom. The molecule has 3 rings (SSSR count).